The van der Waals surface area contributed by atoms with E-state index in [1.54, 1.807) is 33.8 Å². The fraction of sp³-hybridized carbons (Fsp3) is 0.261. The highest BCUT2D eigenvalue weighted by atomic mass is 32.1. The maximum Gasteiger partial charge on any atom is 0.348 e. The summed E-state index contributed by atoms with van der Waals surface area (Å²) in [6.07, 6.45) is 1.40. The Bertz CT molecular complexity index is 1380. The Morgan fingerprint density at radius 3 is 2.05 bits per heavy atom. The van der Waals surface area contributed by atoms with Crippen molar-refractivity contribution in [3.8, 4) is 0 Å². The van der Waals surface area contributed by atoms with E-state index in [0.717, 1.165) is 22.7 Å². The van der Waals surface area contributed by atoms with E-state index in [1.165, 1.54) is 12.3 Å². The van der Waals surface area contributed by atoms with Gasteiger partial charge >= 0.3 is 11.9 Å². The van der Waals surface area contributed by atoms with E-state index in [2.05, 4.69) is 50.1 Å². The molecule has 3 N–H and O–H groups in total. The zero-order chi connectivity index (χ0) is 27.5. The monoisotopic (exact) mass is 578 g/mol. The van der Waals surface area contributed by atoms with Crippen LogP contribution in [0.25, 0.3) is 0 Å². The van der Waals surface area contributed by atoms with Crippen LogP contribution in [0.1, 0.15) is 54.9 Å². The molecule has 10 nitrogen and oxygen atoms in total. The summed E-state index contributed by atoms with van der Waals surface area (Å²) in [6, 6.07) is 3.14. The van der Waals surface area contributed by atoms with Crippen LogP contribution in [0.5, 0.6) is 0 Å². The quantitative estimate of drug-likeness (QED) is 0.177. The van der Waals surface area contributed by atoms with Crippen LogP contribution in [0.15, 0.2) is 32.8 Å². The minimum Gasteiger partial charge on any atom is -0.462 e. The lowest BCUT2D eigenvalue weighted by Crippen LogP contribution is -2.09. The van der Waals surface area contributed by atoms with Crippen molar-refractivity contribution in [2.75, 3.05) is 24.3 Å². The first-order valence-electron chi connectivity index (χ1n) is 10.6. The number of nitrogens with two attached hydrogens (primary N) is 1. The molecule has 0 atom stereocenters. The topological polar surface area (TPSA) is 146 Å². The molecule has 0 aliphatic carbocycles. The first kappa shape index (κ1) is 29.7. The number of nitrogens with one attached hydrogen (secondary N) is 1. The van der Waals surface area contributed by atoms with Gasteiger partial charge in [-0.2, -0.15) is 9.98 Å². The summed E-state index contributed by atoms with van der Waals surface area (Å²) in [5, 5.41) is 7.97. The van der Waals surface area contributed by atoms with Crippen LogP contribution in [0, 0.1) is 13.8 Å². The van der Waals surface area contributed by atoms with Gasteiger partial charge in [0.15, 0.2) is 5.76 Å². The molecule has 0 radical (unpaired) electrons. The summed E-state index contributed by atoms with van der Waals surface area (Å²) in [5.41, 5.74) is 7.86. The Kier molecular flexibility index (Phi) is 11.5. The molecular formula is C23H22N4O6S4. The number of rotatable bonds is 8. The zero-order valence-electron chi connectivity index (χ0n) is 20.2. The molecule has 3 aromatic heterocycles. The number of carbonyl (C=O) groups is 3. The van der Waals surface area contributed by atoms with Crippen molar-refractivity contribution >= 4 is 96.7 Å². The highest BCUT2D eigenvalue weighted by molar-refractivity contribution is 7.78. The van der Waals surface area contributed by atoms with Gasteiger partial charge in [-0.1, -0.05) is 0 Å². The Morgan fingerprint density at radius 2 is 1.54 bits per heavy atom. The fourth-order valence-corrected chi connectivity index (χ4v) is 4.96. The van der Waals surface area contributed by atoms with Gasteiger partial charge in [0.05, 0.1) is 29.8 Å². The van der Waals surface area contributed by atoms with Crippen LogP contribution < -0.4 is 11.1 Å². The van der Waals surface area contributed by atoms with Gasteiger partial charge in [0, 0.05) is 11.1 Å². The van der Waals surface area contributed by atoms with Gasteiger partial charge < -0.3 is 24.9 Å². The lowest BCUT2D eigenvalue weighted by Gasteiger charge is -2.00. The van der Waals surface area contributed by atoms with Gasteiger partial charge in [-0.05, 0) is 64.3 Å². The van der Waals surface area contributed by atoms with Crippen molar-refractivity contribution < 1.29 is 28.3 Å². The number of nitrogen functional groups attached to an aromatic ring is 1. The molecule has 1 amide bonds. The number of carbonyl (C=O) groups excluding carboxylic acids is 3. The van der Waals surface area contributed by atoms with Gasteiger partial charge in [-0.15, -0.1) is 22.7 Å². The number of nitrogens with zero attached hydrogens (tertiary/aromatic N) is 2. The molecule has 0 saturated heterocycles. The largest absolute Gasteiger partial charge is 0.462 e. The van der Waals surface area contributed by atoms with Crippen molar-refractivity contribution in [2.45, 2.75) is 27.7 Å². The van der Waals surface area contributed by atoms with Crippen molar-refractivity contribution in [1.29, 1.82) is 0 Å². The van der Waals surface area contributed by atoms with E-state index < -0.39 is 11.9 Å². The number of esters is 2. The van der Waals surface area contributed by atoms with Crippen LogP contribution in [0.4, 0.5) is 21.4 Å². The van der Waals surface area contributed by atoms with Gasteiger partial charge in [0.1, 0.15) is 31.1 Å². The van der Waals surface area contributed by atoms with E-state index in [1.807, 2.05) is 0 Å². The number of thiocarbonyl (C=S) groups is 2. The minimum atomic E-state index is -0.468. The van der Waals surface area contributed by atoms with Crippen LogP contribution in [-0.2, 0) is 9.47 Å². The Hall–Kier alpha value is -3.51. The molecular weight excluding hydrogens is 557 g/mol. The standard InChI is InChI=1S/C14H12N2O4S2.C9H10N2O2S2/c1-3-19-14(18)11-8(2)10(15-7-21)13(22-11)16-12(17)9-5-4-6-20-9;1-3-13-9(12)7-5(2)6(11-4-14)8(10)15-7/h4-6H,3H2,1-2H3,(H,16,17);3,10H2,1-2H3. The number of anilines is 2. The molecule has 0 aromatic carbocycles. The summed E-state index contributed by atoms with van der Waals surface area (Å²) in [6.45, 7) is 7.52. The first-order valence-corrected chi connectivity index (χ1v) is 13.0. The van der Waals surface area contributed by atoms with Crippen molar-refractivity contribution in [2.24, 2.45) is 9.98 Å². The van der Waals surface area contributed by atoms with Crippen LogP contribution in [0.3, 0.4) is 0 Å². The molecule has 0 saturated carbocycles. The SMILES string of the molecule is CCOC(=O)c1sc(N)c(N=C=S)c1C.CCOC(=O)c1sc(NC(=O)c2ccco2)c(N=C=S)c1C. The Labute approximate surface area is 231 Å². The third-order valence-electron chi connectivity index (χ3n) is 4.46. The molecule has 14 heteroatoms. The van der Waals surface area contributed by atoms with Crippen molar-refractivity contribution in [3.63, 3.8) is 0 Å². The summed E-state index contributed by atoms with van der Waals surface area (Å²) >= 11 is 11.3. The third-order valence-corrected chi connectivity index (χ3v) is 6.91. The highest BCUT2D eigenvalue weighted by Gasteiger charge is 2.23. The molecule has 3 heterocycles. The number of ether oxygens (including phenoxy) is 2. The van der Waals surface area contributed by atoms with Gasteiger partial charge in [-0.25, -0.2) is 9.59 Å². The second-order valence-corrected chi connectivity index (χ2v) is 9.22. The van der Waals surface area contributed by atoms with Gasteiger partial charge in [0.2, 0.25) is 0 Å². The van der Waals surface area contributed by atoms with E-state index in [4.69, 9.17) is 19.6 Å². The molecule has 0 unspecified atom stereocenters. The Morgan fingerprint density at radius 1 is 1.00 bits per heavy atom. The lowest BCUT2D eigenvalue weighted by atomic mass is 10.2. The van der Waals surface area contributed by atoms with Gasteiger partial charge in [-0.3, -0.25) is 4.79 Å². The highest BCUT2D eigenvalue weighted by Crippen LogP contribution is 2.40. The molecule has 0 bridgehead atoms. The van der Waals surface area contributed by atoms with Crippen LogP contribution in [-0.4, -0.2) is 41.4 Å². The smallest absolute Gasteiger partial charge is 0.348 e. The predicted molar refractivity (Wildman–Crippen MR) is 150 cm³/mol. The van der Waals surface area contributed by atoms with Crippen LogP contribution >= 0.6 is 47.1 Å². The molecule has 3 rings (SSSR count). The average molecular weight is 579 g/mol. The molecule has 37 heavy (non-hydrogen) atoms. The maximum absolute atomic E-state index is 12.0. The summed E-state index contributed by atoms with van der Waals surface area (Å²) in [5.74, 6) is -1.13. The van der Waals surface area contributed by atoms with Crippen LogP contribution in [0.2, 0.25) is 0 Å². The Balaban J connectivity index is 0.000000281. The second-order valence-electron chi connectivity index (χ2n) is 6.78. The average Bonchev–Trinajstić information content (AvgIpc) is 3.57. The minimum absolute atomic E-state index is 0.154. The fourth-order valence-electron chi connectivity index (χ4n) is 2.84. The lowest BCUT2D eigenvalue weighted by molar-refractivity contribution is 0.0521. The molecule has 194 valence electrons. The normalized spacial score (nSPS) is 9.73. The zero-order valence-corrected chi connectivity index (χ0v) is 23.5. The number of aliphatic imine (C=N–C) groups is 2. The van der Waals surface area contributed by atoms with E-state index >= 15 is 0 Å². The van der Waals surface area contributed by atoms with Gasteiger partial charge in [0.25, 0.3) is 5.91 Å². The van der Waals surface area contributed by atoms with Crippen molar-refractivity contribution in [3.05, 3.63) is 45.0 Å². The molecule has 0 spiro atoms. The van der Waals surface area contributed by atoms with E-state index in [9.17, 15) is 14.4 Å². The summed E-state index contributed by atoms with van der Waals surface area (Å²) in [7, 11) is 0. The third kappa shape index (κ3) is 7.49. The molecule has 0 fully saturated rings. The molecule has 3 aromatic rings. The number of isothiocyanates is 2. The number of thiophene rings is 2. The number of hydrogen-bond acceptors (Lipinski definition) is 13. The number of hydrogen-bond donors (Lipinski definition) is 2. The summed E-state index contributed by atoms with van der Waals surface area (Å²) in [4.78, 5) is 44.0. The molecule has 0 aliphatic heterocycles. The second kappa shape index (κ2) is 14.3. The number of furan rings is 1. The van der Waals surface area contributed by atoms with Crippen molar-refractivity contribution in [1.82, 2.24) is 0 Å². The first-order chi connectivity index (χ1) is 17.7. The van der Waals surface area contributed by atoms with E-state index in [0.29, 0.717) is 48.9 Å². The molecule has 0 aliphatic rings. The maximum atomic E-state index is 12.0. The summed E-state index contributed by atoms with van der Waals surface area (Å²) < 4.78 is 14.9. The predicted octanol–water partition coefficient (Wildman–Crippen LogP) is 6.36. The van der Waals surface area contributed by atoms with E-state index in [-0.39, 0.29) is 18.3 Å². The number of amides is 1.